The summed E-state index contributed by atoms with van der Waals surface area (Å²) in [5.41, 5.74) is 6.63. The highest BCUT2D eigenvalue weighted by atomic mass is 19.1. The molecule has 0 spiro atoms. The summed E-state index contributed by atoms with van der Waals surface area (Å²) in [6, 6.07) is 27.6. The Hall–Kier alpha value is -4.84. The van der Waals surface area contributed by atoms with Gasteiger partial charge in [0.1, 0.15) is 22.7 Å². The molecule has 36 heavy (non-hydrogen) atoms. The highest BCUT2D eigenvalue weighted by Crippen LogP contribution is 2.40. The molecule has 0 saturated carbocycles. The molecule has 0 amide bonds. The lowest BCUT2D eigenvalue weighted by atomic mass is 9.97. The molecule has 0 radical (unpaired) electrons. The summed E-state index contributed by atoms with van der Waals surface area (Å²) >= 11 is 0. The first kappa shape index (κ1) is 21.7. The molecule has 0 unspecified atom stereocenters. The summed E-state index contributed by atoms with van der Waals surface area (Å²) in [4.78, 5) is 15.8. The number of carboxylic acids is 1. The Balaban J connectivity index is 1.52. The molecule has 4 aromatic carbocycles. The number of aromatic amines is 1. The second-order valence-electron chi connectivity index (χ2n) is 8.61. The minimum absolute atomic E-state index is 0.0484. The molecular formula is C30H21FN2O3. The van der Waals surface area contributed by atoms with E-state index in [-0.39, 0.29) is 11.3 Å². The number of furan rings is 1. The average Bonchev–Trinajstić information content (AvgIpc) is 3.50. The molecule has 6 rings (SSSR count). The van der Waals surface area contributed by atoms with Crippen LogP contribution in [-0.2, 0) is 0 Å². The van der Waals surface area contributed by atoms with Crippen LogP contribution in [-0.4, -0.2) is 23.1 Å². The van der Waals surface area contributed by atoms with Crippen molar-refractivity contribution in [2.75, 3.05) is 12.4 Å². The number of carboxylic acid groups (broad SMARTS) is 1. The maximum Gasteiger partial charge on any atom is 0.340 e. The van der Waals surface area contributed by atoms with Crippen molar-refractivity contribution in [2.45, 2.75) is 0 Å². The zero-order chi connectivity index (χ0) is 24.8. The molecule has 6 aromatic rings. The number of carbonyl (C=O) groups is 1. The van der Waals surface area contributed by atoms with Crippen LogP contribution in [0.5, 0.6) is 0 Å². The number of halogens is 1. The van der Waals surface area contributed by atoms with Crippen LogP contribution in [0.15, 0.2) is 95.4 Å². The lowest BCUT2D eigenvalue weighted by Gasteiger charge is -2.11. The minimum Gasteiger partial charge on any atom is -0.478 e. The number of aromatic nitrogens is 1. The van der Waals surface area contributed by atoms with E-state index in [9.17, 15) is 14.3 Å². The van der Waals surface area contributed by atoms with Gasteiger partial charge in [-0.25, -0.2) is 9.18 Å². The Morgan fingerprint density at radius 2 is 1.67 bits per heavy atom. The molecule has 0 bridgehead atoms. The molecule has 0 aliphatic heterocycles. The molecule has 0 atom stereocenters. The smallest absolute Gasteiger partial charge is 0.340 e. The van der Waals surface area contributed by atoms with E-state index in [1.807, 2.05) is 49.5 Å². The zero-order valence-electron chi connectivity index (χ0n) is 19.3. The molecule has 5 nitrogen and oxygen atoms in total. The van der Waals surface area contributed by atoms with Crippen molar-refractivity contribution in [3.05, 3.63) is 102 Å². The molecule has 0 saturated heterocycles. The van der Waals surface area contributed by atoms with Gasteiger partial charge in [-0.15, -0.1) is 0 Å². The maximum absolute atomic E-state index is 13.5. The van der Waals surface area contributed by atoms with Crippen LogP contribution in [0.4, 0.5) is 10.1 Å². The van der Waals surface area contributed by atoms with Gasteiger partial charge in [-0.2, -0.15) is 0 Å². The van der Waals surface area contributed by atoms with E-state index in [1.165, 1.54) is 24.3 Å². The fraction of sp³-hybridized carbons (Fsp3) is 0.0333. The van der Waals surface area contributed by atoms with E-state index in [0.29, 0.717) is 16.5 Å². The topological polar surface area (TPSA) is 78.3 Å². The van der Waals surface area contributed by atoms with Crippen molar-refractivity contribution in [2.24, 2.45) is 0 Å². The molecule has 0 aliphatic carbocycles. The monoisotopic (exact) mass is 476 g/mol. The van der Waals surface area contributed by atoms with Crippen LogP contribution in [0.3, 0.4) is 0 Å². The van der Waals surface area contributed by atoms with Crippen LogP contribution in [0.25, 0.3) is 55.6 Å². The van der Waals surface area contributed by atoms with Crippen LogP contribution in [0.1, 0.15) is 10.4 Å². The first-order valence-electron chi connectivity index (χ1n) is 11.5. The van der Waals surface area contributed by atoms with Crippen molar-refractivity contribution in [3.8, 4) is 33.7 Å². The first-order chi connectivity index (χ1) is 17.5. The molecule has 3 N–H and O–H groups in total. The quantitative estimate of drug-likeness (QED) is 0.237. The van der Waals surface area contributed by atoms with Gasteiger partial charge in [0, 0.05) is 51.9 Å². The summed E-state index contributed by atoms with van der Waals surface area (Å²) in [6.45, 7) is 0. The number of H-pyrrole nitrogens is 1. The Bertz CT molecular complexity index is 1730. The normalized spacial score (nSPS) is 11.3. The lowest BCUT2D eigenvalue weighted by Crippen LogP contribution is -1.98. The summed E-state index contributed by atoms with van der Waals surface area (Å²) in [7, 11) is 1.81. The number of anilines is 1. The van der Waals surface area contributed by atoms with Crippen molar-refractivity contribution in [1.82, 2.24) is 4.98 Å². The first-order valence-corrected chi connectivity index (χ1v) is 11.5. The predicted molar refractivity (Wildman–Crippen MR) is 141 cm³/mol. The Labute approximate surface area is 205 Å². The van der Waals surface area contributed by atoms with Gasteiger partial charge in [0.05, 0.1) is 0 Å². The Kier molecular flexibility index (Phi) is 5.08. The third-order valence-electron chi connectivity index (χ3n) is 6.43. The van der Waals surface area contributed by atoms with Crippen molar-refractivity contribution < 1.29 is 18.7 Å². The van der Waals surface area contributed by atoms with Gasteiger partial charge < -0.3 is 19.8 Å². The van der Waals surface area contributed by atoms with E-state index in [4.69, 9.17) is 4.42 Å². The van der Waals surface area contributed by atoms with Crippen molar-refractivity contribution in [1.29, 1.82) is 0 Å². The second-order valence-corrected chi connectivity index (χ2v) is 8.61. The van der Waals surface area contributed by atoms with Gasteiger partial charge in [-0.05, 0) is 59.7 Å². The number of aromatic carboxylic acids is 1. The number of hydrogen-bond acceptors (Lipinski definition) is 3. The molecule has 2 heterocycles. The number of rotatable bonds is 5. The molecule has 6 heteroatoms. The van der Waals surface area contributed by atoms with Gasteiger partial charge in [-0.3, -0.25) is 0 Å². The van der Waals surface area contributed by atoms with Crippen LogP contribution in [0, 0.1) is 5.82 Å². The number of benzene rings is 4. The fourth-order valence-corrected chi connectivity index (χ4v) is 4.69. The molecule has 0 fully saturated rings. The van der Waals surface area contributed by atoms with E-state index in [1.54, 1.807) is 6.07 Å². The standard InChI is InChI=1S/C30H21FN2O3/c1-32-26-16-27-23(28(30(34)35)29(36-27)17-9-11-21(31)12-10-17)15-22(26)18-6-4-7-19(13-18)25-14-20-5-2-3-8-24(20)33-25/h2-16,32-33H,1H3,(H,34,35). The second kappa shape index (κ2) is 8.43. The summed E-state index contributed by atoms with van der Waals surface area (Å²) in [5, 5.41) is 14.9. The largest absolute Gasteiger partial charge is 0.478 e. The predicted octanol–water partition coefficient (Wildman–Crippen LogP) is 7.79. The zero-order valence-corrected chi connectivity index (χ0v) is 19.3. The molecule has 0 aliphatic rings. The number of hydrogen-bond donors (Lipinski definition) is 3. The fourth-order valence-electron chi connectivity index (χ4n) is 4.69. The van der Waals surface area contributed by atoms with Crippen LogP contribution < -0.4 is 5.32 Å². The third-order valence-corrected chi connectivity index (χ3v) is 6.43. The van der Waals surface area contributed by atoms with Gasteiger partial charge in [0.2, 0.25) is 0 Å². The summed E-state index contributed by atoms with van der Waals surface area (Å²) in [6.07, 6.45) is 0. The Morgan fingerprint density at radius 3 is 2.42 bits per heavy atom. The summed E-state index contributed by atoms with van der Waals surface area (Å²) in [5.74, 6) is -1.31. The van der Waals surface area contributed by atoms with Crippen molar-refractivity contribution >= 4 is 33.5 Å². The Morgan fingerprint density at radius 1 is 0.889 bits per heavy atom. The minimum atomic E-state index is -1.11. The van der Waals surface area contributed by atoms with Gasteiger partial charge >= 0.3 is 5.97 Å². The van der Waals surface area contributed by atoms with E-state index in [0.717, 1.165) is 39.0 Å². The van der Waals surface area contributed by atoms with Gasteiger partial charge in [-0.1, -0.05) is 36.4 Å². The molecule has 176 valence electrons. The number of nitrogens with one attached hydrogen (secondary N) is 2. The molecule has 2 aromatic heterocycles. The molecular weight excluding hydrogens is 455 g/mol. The average molecular weight is 477 g/mol. The maximum atomic E-state index is 13.5. The van der Waals surface area contributed by atoms with E-state index >= 15 is 0 Å². The number of fused-ring (bicyclic) bond motifs is 2. The SMILES string of the molecule is CNc1cc2oc(-c3ccc(F)cc3)c(C(=O)O)c2cc1-c1cccc(-c2cc3ccccc3[nH]2)c1. The summed E-state index contributed by atoms with van der Waals surface area (Å²) < 4.78 is 19.5. The van der Waals surface area contributed by atoms with Gasteiger partial charge in [0.25, 0.3) is 0 Å². The van der Waals surface area contributed by atoms with Crippen LogP contribution in [0.2, 0.25) is 0 Å². The van der Waals surface area contributed by atoms with E-state index in [2.05, 4.69) is 28.5 Å². The van der Waals surface area contributed by atoms with E-state index < -0.39 is 11.8 Å². The third kappa shape index (κ3) is 3.60. The van der Waals surface area contributed by atoms with Crippen molar-refractivity contribution in [3.63, 3.8) is 0 Å². The van der Waals surface area contributed by atoms with Gasteiger partial charge in [0.15, 0.2) is 0 Å². The number of para-hydroxylation sites is 1. The highest BCUT2D eigenvalue weighted by molar-refractivity contribution is 6.10. The lowest BCUT2D eigenvalue weighted by molar-refractivity contribution is 0.0699. The van der Waals surface area contributed by atoms with Crippen LogP contribution >= 0.6 is 0 Å². The highest BCUT2D eigenvalue weighted by Gasteiger charge is 2.23.